The first-order valence-corrected chi connectivity index (χ1v) is 8.35. The molecule has 126 valence electrons. The largest absolute Gasteiger partial charge is 0.459 e. The Morgan fingerprint density at radius 1 is 1.36 bits per heavy atom. The van der Waals surface area contributed by atoms with Crippen LogP contribution in [0, 0.1) is 12.3 Å². The standard InChI is InChI=1S/C17H14N4O3S/c1-10-4-2-5-11(8-10)9-25-17-20-14(18)13(16(23)21-17)19-15(22)12-6-3-7-24-12/h2-8H,9H2,1H3,(H2,18,20,21,23). The van der Waals surface area contributed by atoms with Crippen molar-refractivity contribution in [3.63, 3.8) is 0 Å². The van der Waals surface area contributed by atoms with Gasteiger partial charge in [-0.3, -0.25) is 20.3 Å². The van der Waals surface area contributed by atoms with Gasteiger partial charge in [-0.05, 0) is 24.6 Å². The highest BCUT2D eigenvalue weighted by Gasteiger charge is 2.26. The number of aryl methyl sites for hydroxylation is 1. The Kier molecular flexibility index (Phi) is 4.90. The van der Waals surface area contributed by atoms with Crippen LogP contribution in [0.4, 0.5) is 0 Å². The van der Waals surface area contributed by atoms with Gasteiger partial charge in [0, 0.05) is 5.75 Å². The van der Waals surface area contributed by atoms with E-state index in [-0.39, 0.29) is 17.3 Å². The Morgan fingerprint density at radius 3 is 2.88 bits per heavy atom. The fourth-order valence-corrected chi connectivity index (χ4v) is 2.93. The lowest BCUT2D eigenvalue weighted by Gasteiger charge is -2.14. The van der Waals surface area contributed by atoms with Crippen LogP contribution in [0.25, 0.3) is 0 Å². The number of aliphatic imine (C=N–C) groups is 2. The maximum absolute atomic E-state index is 12.1. The summed E-state index contributed by atoms with van der Waals surface area (Å²) in [5, 5.41) is 10.7. The summed E-state index contributed by atoms with van der Waals surface area (Å²) in [4.78, 5) is 31.6. The van der Waals surface area contributed by atoms with Crippen LogP contribution in [0.1, 0.15) is 21.7 Å². The molecule has 0 saturated carbocycles. The quantitative estimate of drug-likeness (QED) is 0.883. The van der Waals surface area contributed by atoms with Crippen molar-refractivity contribution in [2.45, 2.75) is 12.7 Å². The van der Waals surface area contributed by atoms with E-state index in [2.05, 4.69) is 15.3 Å². The van der Waals surface area contributed by atoms with E-state index in [9.17, 15) is 9.59 Å². The third-order valence-electron chi connectivity index (χ3n) is 3.28. The van der Waals surface area contributed by atoms with Crippen LogP contribution >= 0.6 is 11.8 Å². The molecule has 1 aromatic carbocycles. The lowest BCUT2D eigenvalue weighted by atomic mass is 10.2. The van der Waals surface area contributed by atoms with Gasteiger partial charge < -0.3 is 4.42 Å². The van der Waals surface area contributed by atoms with Crippen molar-refractivity contribution >= 4 is 40.3 Å². The lowest BCUT2D eigenvalue weighted by Crippen LogP contribution is -2.43. The van der Waals surface area contributed by atoms with Crippen molar-refractivity contribution < 1.29 is 14.0 Å². The average molecular weight is 354 g/mol. The molecule has 0 fully saturated rings. The SMILES string of the molecule is Cc1cccc(CSC2=NC(=N)C(=NC(=O)c3ccco3)C(=O)N2)c1. The molecule has 0 aliphatic carbocycles. The normalized spacial score (nSPS) is 15.9. The second-order valence-corrected chi connectivity index (χ2v) is 6.20. The number of furan rings is 1. The minimum absolute atomic E-state index is 0.00306. The molecular weight excluding hydrogens is 340 g/mol. The highest BCUT2D eigenvalue weighted by Crippen LogP contribution is 2.16. The van der Waals surface area contributed by atoms with Crippen LogP contribution < -0.4 is 5.32 Å². The van der Waals surface area contributed by atoms with Crippen molar-refractivity contribution in [3.05, 3.63) is 59.5 Å². The van der Waals surface area contributed by atoms with Gasteiger partial charge in [0.2, 0.25) is 0 Å². The molecule has 0 spiro atoms. The summed E-state index contributed by atoms with van der Waals surface area (Å²) in [6.07, 6.45) is 1.33. The number of hydrogen-bond donors (Lipinski definition) is 2. The molecule has 2 heterocycles. The Hall–Kier alpha value is -3.00. The lowest BCUT2D eigenvalue weighted by molar-refractivity contribution is -0.113. The van der Waals surface area contributed by atoms with Crippen molar-refractivity contribution in [1.29, 1.82) is 5.41 Å². The molecule has 0 saturated heterocycles. The number of nitrogens with zero attached hydrogens (tertiary/aromatic N) is 2. The summed E-state index contributed by atoms with van der Waals surface area (Å²) in [5.74, 6) is -1.11. The van der Waals surface area contributed by atoms with E-state index < -0.39 is 11.8 Å². The third-order valence-corrected chi connectivity index (χ3v) is 4.22. The molecule has 7 nitrogen and oxygen atoms in total. The van der Waals surface area contributed by atoms with Gasteiger partial charge >= 0.3 is 5.91 Å². The van der Waals surface area contributed by atoms with Gasteiger partial charge in [0.1, 0.15) is 0 Å². The van der Waals surface area contributed by atoms with Crippen LogP contribution in [-0.2, 0) is 10.5 Å². The zero-order valence-electron chi connectivity index (χ0n) is 13.3. The summed E-state index contributed by atoms with van der Waals surface area (Å²) in [5.41, 5.74) is 1.90. The molecule has 1 aromatic heterocycles. The van der Waals surface area contributed by atoms with Crippen LogP contribution in [-0.4, -0.2) is 28.5 Å². The minimum atomic E-state index is -0.731. The second-order valence-electron chi connectivity index (χ2n) is 5.24. The van der Waals surface area contributed by atoms with E-state index in [1.54, 1.807) is 0 Å². The van der Waals surface area contributed by atoms with Crippen LogP contribution in [0.5, 0.6) is 0 Å². The van der Waals surface area contributed by atoms with Crippen molar-refractivity contribution in [3.8, 4) is 0 Å². The summed E-state index contributed by atoms with van der Waals surface area (Å²) in [6.45, 7) is 2.00. The maximum atomic E-state index is 12.1. The molecule has 1 aliphatic heterocycles. The van der Waals surface area contributed by atoms with Gasteiger partial charge in [-0.2, -0.15) is 4.99 Å². The van der Waals surface area contributed by atoms with Gasteiger partial charge in [-0.15, -0.1) is 0 Å². The van der Waals surface area contributed by atoms with Crippen LogP contribution in [0.3, 0.4) is 0 Å². The van der Waals surface area contributed by atoms with Gasteiger partial charge in [0.25, 0.3) is 5.91 Å². The van der Waals surface area contributed by atoms with Gasteiger partial charge in [0.05, 0.1) is 6.26 Å². The van der Waals surface area contributed by atoms with E-state index in [0.29, 0.717) is 10.9 Å². The topological polar surface area (TPSA) is 108 Å². The predicted molar refractivity (Wildman–Crippen MR) is 96.3 cm³/mol. The fourth-order valence-electron chi connectivity index (χ4n) is 2.13. The Balaban J connectivity index is 1.70. The molecule has 2 aromatic rings. The average Bonchev–Trinajstić information content (AvgIpc) is 3.11. The van der Waals surface area contributed by atoms with E-state index in [1.165, 1.54) is 30.2 Å². The number of nitrogens with one attached hydrogen (secondary N) is 2. The molecule has 2 N–H and O–H groups in total. The molecular formula is C17H14N4O3S. The smallest absolute Gasteiger partial charge is 0.313 e. The first-order chi connectivity index (χ1) is 12.0. The van der Waals surface area contributed by atoms with E-state index in [0.717, 1.165) is 11.1 Å². The van der Waals surface area contributed by atoms with E-state index >= 15 is 0 Å². The number of carbonyl (C=O) groups excluding carboxylic acids is 2. The molecule has 0 unspecified atom stereocenters. The summed E-state index contributed by atoms with van der Waals surface area (Å²) in [7, 11) is 0. The van der Waals surface area contributed by atoms with Crippen molar-refractivity contribution in [2.24, 2.45) is 9.98 Å². The second kappa shape index (κ2) is 7.27. The van der Waals surface area contributed by atoms with Gasteiger partial charge in [-0.1, -0.05) is 41.6 Å². The molecule has 25 heavy (non-hydrogen) atoms. The van der Waals surface area contributed by atoms with Crippen LogP contribution in [0.15, 0.2) is 57.1 Å². The molecule has 3 rings (SSSR count). The van der Waals surface area contributed by atoms with Gasteiger partial charge in [-0.25, -0.2) is 4.99 Å². The monoisotopic (exact) mass is 354 g/mol. The molecule has 8 heteroatoms. The number of amidine groups is 2. The molecule has 0 bridgehead atoms. The highest BCUT2D eigenvalue weighted by atomic mass is 32.2. The molecule has 1 aliphatic rings. The highest BCUT2D eigenvalue weighted by molar-refractivity contribution is 8.13. The first kappa shape index (κ1) is 16.8. The summed E-state index contributed by atoms with van der Waals surface area (Å²) < 4.78 is 4.93. The van der Waals surface area contributed by atoms with Gasteiger partial charge in [0.15, 0.2) is 22.5 Å². The molecule has 2 amide bonds. The number of carbonyl (C=O) groups is 2. The van der Waals surface area contributed by atoms with E-state index in [1.807, 2.05) is 31.2 Å². The Labute approximate surface area is 147 Å². The number of benzene rings is 1. The number of rotatable bonds is 3. The van der Waals surface area contributed by atoms with Crippen molar-refractivity contribution in [2.75, 3.05) is 0 Å². The third kappa shape index (κ3) is 4.10. The predicted octanol–water partition coefficient (Wildman–Crippen LogP) is 2.57. The summed E-state index contributed by atoms with van der Waals surface area (Å²) in [6, 6.07) is 11.0. The number of thioether (sulfide) groups is 1. The molecule has 0 atom stereocenters. The van der Waals surface area contributed by atoms with Crippen molar-refractivity contribution in [1.82, 2.24) is 5.32 Å². The maximum Gasteiger partial charge on any atom is 0.313 e. The fraction of sp³-hybridized carbons (Fsp3) is 0.118. The number of hydrogen-bond acceptors (Lipinski definition) is 5. The summed E-state index contributed by atoms with van der Waals surface area (Å²) >= 11 is 1.30. The first-order valence-electron chi connectivity index (χ1n) is 7.37. The van der Waals surface area contributed by atoms with Crippen LogP contribution in [0.2, 0.25) is 0 Å². The van der Waals surface area contributed by atoms with E-state index in [4.69, 9.17) is 9.83 Å². The Bertz CT molecular complexity index is 900. The minimum Gasteiger partial charge on any atom is -0.459 e. The zero-order chi connectivity index (χ0) is 17.8. The zero-order valence-corrected chi connectivity index (χ0v) is 14.1. The molecule has 0 radical (unpaired) electrons. The number of amides is 2. The Morgan fingerprint density at radius 2 is 2.20 bits per heavy atom.